The Morgan fingerprint density at radius 1 is 1.73 bits per heavy atom. The van der Waals surface area contributed by atoms with Gasteiger partial charge in [-0.3, -0.25) is 4.79 Å². The van der Waals surface area contributed by atoms with Gasteiger partial charge in [-0.1, -0.05) is 11.6 Å². The molecule has 0 amide bonds. The van der Waals surface area contributed by atoms with Crippen LogP contribution in [-0.2, 0) is 9.53 Å². The monoisotopic (exact) mass is 249 g/mol. The molecule has 0 aliphatic carbocycles. The number of carbonyl (C=O) groups is 1. The Balaban J connectivity index is 2.67. The molecule has 15 heavy (non-hydrogen) atoms. The third kappa shape index (κ3) is 3.17. The topological polar surface area (TPSA) is 72.5 Å². The number of hydrogen-bond acceptors (Lipinski definition) is 5. The maximum absolute atomic E-state index is 11.2. The first-order chi connectivity index (χ1) is 7.06. The van der Waals surface area contributed by atoms with Gasteiger partial charge in [0.05, 0.1) is 10.9 Å². The Labute approximate surface area is 96.6 Å². The summed E-state index contributed by atoms with van der Waals surface area (Å²) in [6.07, 6.45) is -1.07. The van der Waals surface area contributed by atoms with Gasteiger partial charge in [-0.15, -0.1) is 11.3 Å². The van der Waals surface area contributed by atoms with E-state index in [0.29, 0.717) is 9.21 Å². The van der Waals surface area contributed by atoms with Gasteiger partial charge < -0.3 is 15.6 Å². The Hall–Kier alpha value is -0.620. The van der Waals surface area contributed by atoms with Crippen LogP contribution >= 0.6 is 22.9 Å². The predicted octanol–water partition coefficient (Wildman–Crippen LogP) is 1.33. The summed E-state index contributed by atoms with van der Waals surface area (Å²) in [6, 6.07) is 2.21. The molecular formula is C9H12ClNO3S. The van der Waals surface area contributed by atoms with Crippen molar-refractivity contribution in [3.63, 3.8) is 0 Å². The quantitative estimate of drug-likeness (QED) is 0.790. The highest BCUT2D eigenvalue weighted by Gasteiger charge is 2.26. The molecule has 3 N–H and O–H groups in total. The van der Waals surface area contributed by atoms with Gasteiger partial charge in [0.1, 0.15) is 12.1 Å². The van der Waals surface area contributed by atoms with Gasteiger partial charge in [-0.2, -0.15) is 0 Å². The van der Waals surface area contributed by atoms with Crippen molar-refractivity contribution in [1.29, 1.82) is 0 Å². The van der Waals surface area contributed by atoms with Gasteiger partial charge in [-0.25, -0.2) is 0 Å². The van der Waals surface area contributed by atoms with Crippen LogP contribution in [0.4, 0.5) is 0 Å². The number of halogens is 1. The molecule has 0 aliphatic rings. The summed E-state index contributed by atoms with van der Waals surface area (Å²) in [4.78, 5) is 11.8. The van der Waals surface area contributed by atoms with Gasteiger partial charge in [0, 0.05) is 4.88 Å². The second-order valence-electron chi connectivity index (χ2n) is 2.86. The van der Waals surface area contributed by atoms with Crippen molar-refractivity contribution in [2.45, 2.75) is 19.1 Å². The number of rotatable bonds is 4. The number of ether oxygens (including phenoxy) is 1. The first-order valence-electron chi connectivity index (χ1n) is 4.41. The smallest absolute Gasteiger partial charge is 0.326 e. The minimum atomic E-state index is -1.07. The zero-order chi connectivity index (χ0) is 11.4. The lowest BCUT2D eigenvalue weighted by Gasteiger charge is -2.15. The van der Waals surface area contributed by atoms with E-state index < -0.39 is 18.1 Å². The number of aliphatic hydroxyl groups is 1. The molecule has 0 bridgehead atoms. The molecule has 0 saturated heterocycles. The van der Waals surface area contributed by atoms with E-state index in [0.717, 1.165) is 0 Å². The van der Waals surface area contributed by atoms with E-state index in [-0.39, 0.29) is 6.61 Å². The summed E-state index contributed by atoms with van der Waals surface area (Å²) in [5.41, 5.74) is 5.53. The summed E-state index contributed by atoms with van der Waals surface area (Å²) < 4.78 is 5.24. The van der Waals surface area contributed by atoms with Crippen LogP contribution in [0.3, 0.4) is 0 Å². The van der Waals surface area contributed by atoms with Crippen LogP contribution in [0.25, 0.3) is 0 Å². The Morgan fingerprint density at radius 3 is 2.87 bits per heavy atom. The summed E-state index contributed by atoms with van der Waals surface area (Å²) in [5.74, 6) is -0.616. The van der Waals surface area contributed by atoms with E-state index in [1.54, 1.807) is 19.1 Å². The van der Waals surface area contributed by atoms with Crippen molar-refractivity contribution in [2.24, 2.45) is 5.73 Å². The molecule has 2 atom stereocenters. The van der Waals surface area contributed by atoms with Crippen molar-refractivity contribution in [2.75, 3.05) is 6.61 Å². The van der Waals surface area contributed by atoms with Crippen LogP contribution in [0.15, 0.2) is 12.1 Å². The fourth-order valence-electron chi connectivity index (χ4n) is 1.03. The molecule has 0 radical (unpaired) electrons. The van der Waals surface area contributed by atoms with Crippen molar-refractivity contribution < 1.29 is 14.6 Å². The van der Waals surface area contributed by atoms with Crippen molar-refractivity contribution >= 4 is 28.9 Å². The van der Waals surface area contributed by atoms with Crippen molar-refractivity contribution in [3.05, 3.63) is 21.3 Å². The zero-order valence-electron chi connectivity index (χ0n) is 8.14. The van der Waals surface area contributed by atoms with E-state index >= 15 is 0 Å². The van der Waals surface area contributed by atoms with Crippen LogP contribution in [0.2, 0.25) is 4.34 Å². The second-order valence-corrected chi connectivity index (χ2v) is 4.61. The van der Waals surface area contributed by atoms with Gasteiger partial charge >= 0.3 is 5.97 Å². The molecule has 0 aromatic carbocycles. The fraction of sp³-hybridized carbons (Fsp3) is 0.444. The molecular weight excluding hydrogens is 238 g/mol. The lowest BCUT2D eigenvalue weighted by molar-refractivity contribution is -0.147. The lowest BCUT2D eigenvalue weighted by atomic mass is 10.1. The maximum Gasteiger partial charge on any atom is 0.326 e. The summed E-state index contributed by atoms with van der Waals surface area (Å²) in [6.45, 7) is 1.92. The SMILES string of the molecule is CCOC(=O)C(N)C(O)c1ccc(Cl)s1. The molecule has 1 aromatic heterocycles. The Kier molecular flexibility index (Phi) is 4.53. The van der Waals surface area contributed by atoms with Crippen molar-refractivity contribution in [1.82, 2.24) is 0 Å². The normalized spacial score (nSPS) is 14.7. The van der Waals surface area contributed by atoms with Gasteiger partial charge in [0.25, 0.3) is 0 Å². The zero-order valence-corrected chi connectivity index (χ0v) is 9.72. The van der Waals surface area contributed by atoms with Crippen LogP contribution in [0.1, 0.15) is 17.9 Å². The number of aliphatic hydroxyl groups excluding tert-OH is 1. The predicted molar refractivity (Wildman–Crippen MR) is 58.9 cm³/mol. The standard InChI is InChI=1S/C9H12ClNO3S/c1-2-14-9(13)7(11)8(12)5-3-4-6(10)15-5/h3-4,7-8,12H,2,11H2,1H3. The molecule has 6 heteroatoms. The minimum absolute atomic E-state index is 0.241. The molecule has 1 rings (SSSR count). The Bertz CT molecular complexity index is 342. The van der Waals surface area contributed by atoms with E-state index in [2.05, 4.69) is 0 Å². The first kappa shape index (κ1) is 12.4. The minimum Gasteiger partial charge on any atom is -0.465 e. The average molecular weight is 250 g/mol. The molecule has 1 aromatic rings. The fourth-order valence-corrected chi connectivity index (χ4v) is 2.13. The highest BCUT2D eigenvalue weighted by atomic mass is 35.5. The second kappa shape index (κ2) is 5.46. The largest absolute Gasteiger partial charge is 0.465 e. The van der Waals surface area contributed by atoms with Gasteiger partial charge in [0.15, 0.2) is 0 Å². The first-order valence-corrected chi connectivity index (χ1v) is 5.61. The molecule has 2 unspecified atom stereocenters. The van der Waals surface area contributed by atoms with Crippen LogP contribution in [-0.4, -0.2) is 23.7 Å². The highest BCUT2D eigenvalue weighted by molar-refractivity contribution is 7.16. The third-order valence-corrected chi connectivity index (χ3v) is 3.09. The maximum atomic E-state index is 11.2. The van der Waals surface area contributed by atoms with Crippen LogP contribution in [0, 0.1) is 0 Å². The Morgan fingerprint density at radius 2 is 2.40 bits per heavy atom. The van der Waals surface area contributed by atoms with E-state index in [9.17, 15) is 9.90 Å². The molecule has 0 saturated carbocycles. The molecule has 0 aliphatic heterocycles. The van der Waals surface area contributed by atoms with E-state index in [1.165, 1.54) is 11.3 Å². The highest BCUT2D eigenvalue weighted by Crippen LogP contribution is 2.28. The number of thiophene rings is 1. The summed E-state index contributed by atoms with van der Waals surface area (Å²) >= 11 is 6.89. The van der Waals surface area contributed by atoms with Crippen LogP contribution < -0.4 is 5.73 Å². The molecule has 0 spiro atoms. The van der Waals surface area contributed by atoms with E-state index in [1.807, 2.05) is 0 Å². The number of hydrogen-bond donors (Lipinski definition) is 2. The molecule has 84 valence electrons. The molecule has 0 fully saturated rings. The summed E-state index contributed by atoms with van der Waals surface area (Å²) in [7, 11) is 0. The average Bonchev–Trinajstić information content (AvgIpc) is 2.63. The number of esters is 1. The molecule has 1 heterocycles. The van der Waals surface area contributed by atoms with Crippen molar-refractivity contribution in [3.8, 4) is 0 Å². The third-order valence-electron chi connectivity index (χ3n) is 1.78. The van der Waals surface area contributed by atoms with Gasteiger partial charge in [-0.05, 0) is 19.1 Å². The number of nitrogens with two attached hydrogens (primary N) is 1. The van der Waals surface area contributed by atoms with Gasteiger partial charge in [0.2, 0.25) is 0 Å². The summed E-state index contributed by atoms with van der Waals surface area (Å²) in [5, 5.41) is 9.73. The number of carbonyl (C=O) groups excluding carboxylic acids is 1. The lowest BCUT2D eigenvalue weighted by Crippen LogP contribution is -2.37. The van der Waals surface area contributed by atoms with E-state index in [4.69, 9.17) is 22.1 Å². The van der Waals surface area contributed by atoms with Crippen LogP contribution in [0.5, 0.6) is 0 Å². The molecule has 4 nitrogen and oxygen atoms in total.